The highest BCUT2D eigenvalue weighted by molar-refractivity contribution is 6.03. The first-order chi connectivity index (χ1) is 19.0. The number of nitrogens with one attached hydrogen (secondary N) is 2. The van der Waals surface area contributed by atoms with E-state index < -0.39 is 29.8 Å². The Morgan fingerprint density at radius 2 is 1.67 bits per heavy atom. The van der Waals surface area contributed by atoms with Gasteiger partial charge in [-0.15, -0.1) is 0 Å². The maximum atomic E-state index is 14.2. The van der Waals surface area contributed by atoms with Crippen molar-refractivity contribution in [1.29, 1.82) is 0 Å². The summed E-state index contributed by atoms with van der Waals surface area (Å²) in [6.45, 7) is 1.70. The number of anilines is 1. The summed E-state index contributed by atoms with van der Waals surface area (Å²) in [6.07, 6.45) is 5.03. The van der Waals surface area contributed by atoms with Crippen molar-refractivity contribution < 1.29 is 19.5 Å². The second-order valence-electron chi connectivity index (χ2n) is 10.5. The summed E-state index contributed by atoms with van der Waals surface area (Å²) in [5.74, 6) is -2.66. The van der Waals surface area contributed by atoms with E-state index in [1.165, 1.54) is 0 Å². The number of aliphatic hydroxyl groups is 1. The highest BCUT2D eigenvalue weighted by atomic mass is 16.3. The van der Waals surface area contributed by atoms with Crippen molar-refractivity contribution in [2.75, 3.05) is 19.0 Å². The lowest BCUT2D eigenvalue weighted by Crippen LogP contribution is -2.51. The van der Waals surface area contributed by atoms with Gasteiger partial charge in [0.2, 0.25) is 17.7 Å². The highest BCUT2D eigenvalue weighted by Gasteiger charge is 2.58. The van der Waals surface area contributed by atoms with E-state index in [-0.39, 0.29) is 30.2 Å². The van der Waals surface area contributed by atoms with E-state index in [4.69, 9.17) is 0 Å². The smallest absolute Gasteiger partial charge is 0.247 e. The van der Waals surface area contributed by atoms with Gasteiger partial charge in [-0.1, -0.05) is 79.7 Å². The number of rotatable bonds is 8. The largest absolute Gasteiger partial charge is 0.394 e. The molecule has 39 heavy (non-hydrogen) atoms. The molecule has 1 aliphatic heterocycles. The fourth-order valence-electron chi connectivity index (χ4n) is 6.37. The molecule has 1 aliphatic carbocycles. The van der Waals surface area contributed by atoms with Crippen molar-refractivity contribution in [3.05, 3.63) is 90.5 Å². The Bertz CT molecular complexity index is 1390. The van der Waals surface area contributed by atoms with Gasteiger partial charge in [0.25, 0.3) is 0 Å². The summed E-state index contributed by atoms with van der Waals surface area (Å²) in [5.41, 5.74) is 1.59. The third-order valence-corrected chi connectivity index (χ3v) is 8.27. The zero-order valence-corrected chi connectivity index (χ0v) is 22.3. The standard InChI is InChI=1S/C32H35N3O4/c1-3-21-14-16-26-28(27(21)30(37)33-2)32(39)35(25(19-36)17-20-9-5-4-6-10-20)29(26)31(38)34-24-15-13-22-11-7-8-12-23(22)18-24/h4-16,18,21,25-29,36H,3,17,19H2,1-2H3,(H,33,37)(H,34,38)/t21-,25-,26+,27-,28+,29+/m1/s1. The zero-order chi connectivity index (χ0) is 27.5. The summed E-state index contributed by atoms with van der Waals surface area (Å²) in [6, 6.07) is 21.8. The number of likely N-dealkylation sites (tertiary alicyclic amines) is 1. The van der Waals surface area contributed by atoms with E-state index in [0.29, 0.717) is 18.5 Å². The summed E-state index contributed by atoms with van der Waals surface area (Å²) in [5, 5.41) is 18.3. The van der Waals surface area contributed by atoms with Crippen LogP contribution in [0.25, 0.3) is 10.8 Å². The zero-order valence-electron chi connectivity index (χ0n) is 22.3. The lowest BCUT2D eigenvalue weighted by molar-refractivity contribution is -0.142. The van der Waals surface area contributed by atoms with Crippen molar-refractivity contribution in [3.63, 3.8) is 0 Å². The van der Waals surface area contributed by atoms with Crippen LogP contribution in [0.4, 0.5) is 5.69 Å². The number of nitrogens with zero attached hydrogens (tertiary/aromatic N) is 1. The minimum Gasteiger partial charge on any atom is -0.394 e. The summed E-state index contributed by atoms with van der Waals surface area (Å²) >= 11 is 0. The van der Waals surface area contributed by atoms with Crippen LogP contribution in [0.15, 0.2) is 84.9 Å². The van der Waals surface area contributed by atoms with Gasteiger partial charge < -0.3 is 20.6 Å². The number of aliphatic hydroxyl groups excluding tert-OH is 1. The van der Waals surface area contributed by atoms with Crippen molar-refractivity contribution in [2.24, 2.45) is 23.7 Å². The van der Waals surface area contributed by atoms with Crippen LogP contribution in [0.3, 0.4) is 0 Å². The molecule has 7 heteroatoms. The molecule has 0 unspecified atom stereocenters. The van der Waals surface area contributed by atoms with Gasteiger partial charge in [0.05, 0.1) is 24.5 Å². The van der Waals surface area contributed by atoms with E-state index in [1.807, 2.05) is 91.9 Å². The SMILES string of the molecule is CC[C@@H]1C=C[C@H]2[C@H](C(=O)N([C@@H](CO)Cc3ccccc3)[C@@H]2C(=O)Nc2ccc3ccccc3c2)[C@@H]1C(=O)NC. The Morgan fingerprint density at radius 3 is 2.36 bits per heavy atom. The maximum absolute atomic E-state index is 14.2. The Kier molecular flexibility index (Phi) is 7.79. The van der Waals surface area contributed by atoms with Crippen molar-refractivity contribution in [3.8, 4) is 0 Å². The minimum atomic E-state index is -0.865. The molecule has 0 saturated carbocycles. The number of hydrogen-bond donors (Lipinski definition) is 3. The molecule has 0 radical (unpaired) electrons. The molecule has 0 bridgehead atoms. The second kappa shape index (κ2) is 11.4. The third kappa shape index (κ3) is 5.06. The number of carbonyl (C=O) groups is 3. The lowest BCUT2D eigenvalue weighted by atomic mass is 9.69. The number of amides is 3. The molecule has 3 amide bonds. The van der Waals surface area contributed by atoms with E-state index in [0.717, 1.165) is 16.3 Å². The number of allylic oxidation sites excluding steroid dienone is 1. The van der Waals surface area contributed by atoms with E-state index in [2.05, 4.69) is 10.6 Å². The molecule has 3 aromatic carbocycles. The number of fused-ring (bicyclic) bond motifs is 2. The van der Waals surface area contributed by atoms with Crippen LogP contribution >= 0.6 is 0 Å². The van der Waals surface area contributed by atoms with Crippen LogP contribution in [-0.4, -0.2) is 53.5 Å². The van der Waals surface area contributed by atoms with E-state index in [1.54, 1.807) is 11.9 Å². The molecule has 7 nitrogen and oxygen atoms in total. The van der Waals surface area contributed by atoms with Crippen LogP contribution in [0.5, 0.6) is 0 Å². The molecule has 3 aromatic rings. The second-order valence-corrected chi connectivity index (χ2v) is 10.5. The van der Waals surface area contributed by atoms with Gasteiger partial charge in [-0.25, -0.2) is 0 Å². The van der Waals surface area contributed by atoms with Crippen molar-refractivity contribution in [1.82, 2.24) is 10.2 Å². The number of carbonyl (C=O) groups excluding carboxylic acids is 3. The van der Waals surface area contributed by atoms with Crippen LogP contribution in [0, 0.1) is 23.7 Å². The molecule has 2 aliphatic rings. The summed E-state index contributed by atoms with van der Waals surface area (Å²) in [7, 11) is 1.58. The van der Waals surface area contributed by atoms with Crippen LogP contribution in [-0.2, 0) is 20.8 Å². The Morgan fingerprint density at radius 1 is 0.949 bits per heavy atom. The molecular formula is C32H35N3O4. The van der Waals surface area contributed by atoms with Gasteiger partial charge in [-0.2, -0.15) is 0 Å². The Balaban J connectivity index is 1.53. The minimum absolute atomic E-state index is 0.110. The molecule has 1 saturated heterocycles. The summed E-state index contributed by atoms with van der Waals surface area (Å²) < 4.78 is 0. The Labute approximate surface area is 228 Å². The van der Waals surface area contributed by atoms with Crippen LogP contribution < -0.4 is 10.6 Å². The van der Waals surface area contributed by atoms with Gasteiger partial charge in [0.1, 0.15) is 6.04 Å². The first kappa shape index (κ1) is 26.6. The highest BCUT2D eigenvalue weighted by Crippen LogP contribution is 2.46. The number of hydrogen-bond acceptors (Lipinski definition) is 4. The molecule has 1 heterocycles. The van der Waals surface area contributed by atoms with E-state index >= 15 is 0 Å². The first-order valence-corrected chi connectivity index (χ1v) is 13.6. The quantitative estimate of drug-likeness (QED) is 0.390. The Hall–Kier alpha value is -3.97. The average molecular weight is 526 g/mol. The van der Waals surface area contributed by atoms with Crippen molar-refractivity contribution >= 4 is 34.2 Å². The predicted molar refractivity (Wildman–Crippen MR) is 152 cm³/mol. The van der Waals surface area contributed by atoms with Gasteiger partial charge in [-0.05, 0) is 47.2 Å². The van der Waals surface area contributed by atoms with Gasteiger partial charge in [0.15, 0.2) is 0 Å². The fraction of sp³-hybridized carbons (Fsp3) is 0.344. The number of benzene rings is 3. The van der Waals surface area contributed by atoms with Crippen LogP contribution in [0.1, 0.15) is 18.9 Å². The monoisotopic (exact) mass is 525 g/mol. The first-order valence-electron chi connectivity index (χ1n) is 13.6. The molecule has 1 fully saturated rings. The molecule has 0 aromatic heterocycles. The molecular weight excluding hydrogens is 490 g/mol. The molecule has 5 rings (SSSR count). The van der Waals surface area contributed by atoms with Gasteiger partial charge in [-0.3, -0.25) is 14.4 Å². The normalized spacial score (nSPS) is 24.8. The lowest BCUT2D eigenvalue weighted by Gasteiger charge is -2.34. The van der Waals surface area contributed by atoms with Gasteiger partial charge in [0, 0.05) is 18.7 Å². The fourth-order valence-corrected chi connectivity index (χ4v) is 6.37. The molecule has 202 valence electrons. The van der Waals surface area contributed by atoms with Crippen molar-refractivity contribution in [2.45, 2.75) is 31.8 Å². The van der Waals surface area contributed by atoms with E-state index in [9.17, 15) is 19.5 Å². The molecule has 6 atom stereocenters. The topological polar surface area (TPSA) is 98.7 Å². The molecule has 0 spiro atoms. The summed E-state index contributed by atoms with van der Waals surface area (Å²) in [4.78, 5) is 42.8. The predicted octanol–water partition coefficient (Wildman–Crippen LogP) is 3.78. The maximum Gasteiger partial charge on any atom is 0.247 e. The molecule has 3 N–H and O–H groups in total. The van der Waals surface area contributed by atoms with Gasteiger partial charge >= 0.3 is 0 Å². The average Bonchev–Trinajstić information content (AvgIpc) is 3.27. The van der Waals surface area contributed by atoms with Crippen LogP contribution in [0.2, 0.25) is 0 Å². The third-order valence-electron chi connectivity index (χ3n) is 8.27.